The van der Waals surface area contributed by atoms with Crippen LogP contribution in [0.3, 0.4) is 0 Å². The van der Waals surface area contributed by atoms with E-state index in [0.717, 1.165) is 18.9 Å². The fourth-order valence-corrected chi connectivity index (χ4v) is 2.85. The standard InChI is InChI=1S/C13H23N4O/c18-11-13-14-15-16-17(13)10-6-5-9-12-7-3-1-2-4-8-12/h12H,1-11H2. The molecule has 1 radical (unpaired) electrons. The van der Waals surface area contributed by atoms with Crippen LogP contribution in [0, 0.1) is 5.92 Å². The lowest BCUT2D eigenvalue weighted by atomic mass is 9.94. The van der Waals surface area contributed by atoms with Crippen LogP contribution in [-0.2, 0) is 18.3 Å². The molecule has 5 heteroatoms. The minimum absolute atomic E-state index is 0.324. The van der Waals surface area contributed by atoms with Crippen molar-refractivity contribution in [3.8, 4) is 0 Å². The summed E-state index contributed by atoms with van der Waals surface area (Å²) in [6.07, 6.45) is 12.1. The zero-order valence-corrected chi connectivity index (χ0v) is 11.1. The zero-order chi connectivity index (χ0) is 12.6. The van der Waals surface area contributed by atoms with Crippen LogP contribution in [0.2, 0.25) is 0 Å². The third kappa shape index (κ3) is 4.05. The molecule has 0 atom stereocenters. The maximum Gasteiger partial charge on any atom is 0.180 e. The van der Waals surface area contributed by atoms with E-state index in [4.69, 9.17) is 0 Å². The van der Waals surface area contributed by atoms with Gasteiger partial charge in [0.2, 0.25) is 0 Å². The van der Waals surface area contributed by atoms with Crippen molar-refractivity contribution in [1.82, 2.24) is 20.2 Å². The second-order valence-corrected chi connectivity index (χ2v) is 5.32. The first-order chi connectivity index (χ1) is 8.90. The van der Waals surface area contributed by atoms with Gasteiger partial charge in [-0.1, -0.05) is 51.4 Å². The number of hydrogen-bond acceptors (Lipinski definition) is 3. The topological polar surface area (TPSA) is 63.5 Å². The van der Waals surface area contributed by atoms with Crippen LogP contribution in [0.15, 0.2) is 0 Å². The van der Waals surface area contributed by atoms with E-state index < -0.39 is 0 Å². The van der Waals surface area contributed by atoms with E-state index in [-0.39, 0.29) is 6.61 Å². The number of unbranched alkanes of at least 4 members (excludes halogenated alkanes) is 1. The minimum atomic E-state index is -0.324. The predicted octanol–water partition coefficient (Wildman–Crippen LogP) is 2.74. The Hall–Kier alpha value is -0.970. The van der Waals surface area contributed by atoms with Gasteiger partial charge >= 0.3 is 0 Å². The summed E-state index contributed by atoms with van der Waals surface area (Å²) in [5, 5.41) is 21.9. The van der Waals surface area contributed by atoms with E-state index in [2.05, 4.69) is 15.5 Å². The van der Waals surface area contributed by atoms with Crippen LogP contribution in [-0.4, -0.2) is 20.2 Å². The van der Waals surface area contributed by atoms with Gasteiger partial charge < -0.3 is 0 Å². The van der Waals surface area contributed by atoms with Crippen molar-refractivity contribution < 1.29 is 5.11 Å². The summed E-state index contributed by atoms with van der Waals surface area (Å²) >= 11 is 0. The molecule has 101 valence electrons. The van der Waals surface area contributed by atoms with E-state index in [1.165, 1.54) is 51.4 Å². The van der Waals surface area contributed by atoms with Crippen molar-refractivity contribution in [2.75, 3.05) is 0 Å². The van der Waals surface area contributed by atoms with Gasteiger partial charge in [-0.05, 0) is 22.8 Å². The first kappa shape index (κ1) is 13.5. The van der Waals surface area contributed by atoms with Gasteiger partial charge in [0.05, 0.1) is 0 Å². The predicted molar refractivity (Wildman–Crippen MR) is 67.3 cm³/mol. The molecule has 0 saturated heterocycles. The number of aryl methyl sites for hydroxylation is 1. The molecule has 1 saturated carbocycles. The molecule has 1 aliphatic rings. The molecular formula is C13H23N4O. The Balaban J connectivity index is 1.63. The summed E-state index contributed by atoms with van der Waals surface area (Å²) in [7, 11) is 0. The van der Waals surface area contributed by atoms with Crippen molar-refractivity contribution in [2.45, 2.75) is 70.9 Å². The van der Waals surface area contributed by atoms with Crippen LogP contribution in [0.4, 0.5) is 0 Å². The lowest BCUT2D eigenvalue weighted by Crippen LogP contribution is -2.06. The van der Waals surface area contributed by atoms with Gasteiger partial charge in [0.1, 0.15) is 6.61 Å². The highest BCUT2D eigenvalue weighted by Crippen LogP contribution is 2.26. The monoisotopic (exact) mass is 251 g/mol. The highest BCUT2D eigenvalue weighted by atomic mass is 16.3. The summed E-state index contributed by atoms with van der Waals surface area (Å²) in [6.45, 7) is 0.465. The van der Waals surface area contributed by atoms with Crippen LogP contribution in [0.25, 0.3) is 0 Å². The van der Waals surface area contributed by atoms with Crippen molar-refractivity contribution in [2.24, 2.45) is 5.92 Å². The van der Waals surface area contributed by atoms with E-state index in [1.54, 1.807) is 4.68 Å². The number of aromatic nitrogens is 4. The maximum absolute atomic E-state index is 10.8. The largest absolute Gasteiger partial charge is 0.228 e. The highest BCUT2D eigenvalue weighted by Gasteiger charge is 2.12. The third-order valence-corrected chi connectivity index (χ3v) is 3.94. The van der Waals surface area contributed by atoms with Gasteiger partial charge in [0, 0.05) is 6.54 Å². The van der Waals surface area contributed by atoms with E-state index in [0.29, 0.717) is 5.82 Å². The molecule has 0 aliphatic heterocycles. The Labute approximate surface area is 109 Å². The van der Waals surface area contributed by atoms with Crippen LogP contribution in [0.5, 0.6) is 0 Å². The van der Waals surface area contributed by atoms with E-state index >= 15 is 0 Å². The number of hydrogen-bond donors (Lipinski definition) is 0. The fourth-order valence-electron chi connectivity index (χ4n) is 2.85. The molecule has 0 unspecified atom stereocenters. The molecule has 0 bridgehead atoms. The Bertz CT molecular complexity index is 331. The molecule has 0 spiro atoms. The normalized spacial score (nSPS) is 17.8. The molecule has 1 aliphatic carbocycles. The maximum atomic E-state index is 10.8. The lowest BCUT2D eigenvalue weighted by molar-refractivity contribution is 0.164. The first-order valence-corrected chi connectivity index (χ1v) is 7.23. The Morgan fingerprint density at radius 2 is 1.89 bits per heavy atom. The van der Waals surface area contributed by atoms with Crippen molar-refractivity contribution in [3.63, 3.8) is 0 Å². The van der Waals surface area contributed by atoms with Gasteiger partial charge in [-0.3, -0.25) is 0 Å². The summed E-state index contributed by atoms with van der Waals surface area (Å²) in [5.41, 5.74) is 0. The van der Waals surface area contributed by atoms with E-state index in [9.17, 15) is 5.11 Å². The molecule has 0 amide bonds. The summed E-state index contributed by atoms with van der Waals surface area (Å²) in [4.78, 5) is 0. The molecule has 1 aromatic heterocycles. The van der Waals surface area contributed by atoms with Crippen LogP contribution >= 0.6 is 0 Å². The molecule has 0 aromatic carbocycles. The Kier molecular flexibility index (Phi) is 5.58. The molecule has 0 N–H and O–H groups in total. The molecule has 18 heavy (non-hydrogen) atoms. The molecular weight excluding hydrogens is 228 g/mol. The van der Waals surface area contributed by atoms with Gasteiger partial charge in [-0.25, -0.2) is 9.79 Å². The summed E-state index contributed by atoms with van der Waals surface area (Å²) in [6, 6.07) is 0. The van der Waals surface area contributed by atoms with Crippen molar-refractivity contribution >= 4 is 0 Å². The van der Waals surface area contributed by atoms with Crippen molar-refractivity contribution in [1.29, 1.82) is 0 Å². The quantitative estimate of drug-likeness (QED) is 0.577. The molecule has 1 aromatic rings. The average molecular weight is 251 g/mol. The summed E-state index contributed by atoms with van der Waals surface area (Å²) in [5.74, 6) is 1.39. The third-order valence-electron chi connectivity index (χ3n) is 3.94. The molecule has 5 nitrogen and oxygen atoms in total. The number of tetrazole rings is 1. The van der Waals surface area contributed by atoms with E-state index in [1.807, 2.05) is 0 Å². The molecule has 1 heterocycles. The first-order valence-electron chi connectivity index (χ1n) is 7.23. The Morgan fingerprint density at radius 3 is 2.61 bits per heavy atom. The summed E-state index contributed by atoms with van der Waals surface area (Å²) < 4.78 is 1.65. The van der Waals surface area contributed by atoms with Gasteiger partial charge in [-0.2, -0.15) is 0 Å². The second kappa shape index (κ2) is 7.46. The van der Waals surface area contributed by atoms with Crippen LogP contribution in [0.1, 0.15) is 63.6 Å². The SMILES string of the molecule is [O]Cc1nnnn1CCCCC1CCCCCC1. The lowest BCUT2D eigenvalue weighted by Gasteiger charge is -2.13. The van der Waals surface area contributed by atoms with Crippen LogP contribution < -0.4 is 0 Å². The zero-order valence-electron chi connectivity index (χ0n) is 11.1. The molecule has 2 rings (SSSR count). The van der Waals surface area contributed by atoms with Crippen molar-refractivity contribution in [3.05, 3.63) is 5.82 Å². The number of rotatable bonds is 6. The smallest absolute Gasteiger partial charge is 0.180 e. The van der Waals surface area contributed by atoms with Gasteiger partial charge in [-0.15, -0.1) is 5.10 Å². The van der Waals surface area contributed by atoms with Gasteiger partial charge in [0.25, 0.3) is 0 Å². The highest BCUT2D eigenvalue weighted by molar-refractivity contribution is 4.75. The second-order valence-electron chi connectivity index (χ2n) is 5.32. The average Bonchev–Trinajstić information content (AvgIpc) is 2.69. The van der Waals surface area contributed by atoms with Gasteiger partial charge in [0.15, 0.2) is 5.82 Å². The minimum Gasteiger partial charge on any atom is -0.228 e. The fraction of sp³-hybridized carbons (Fsp3) is 0.923. The number of nitrogens with zero attached hydrogens (tertiary/aromatic N) is 4. The Morgan fingerprint density at radius 1 is 1.11 bits per heavy atom. The molecule has 1 fully saturated rings.